The largest absolute Gasteiger partial charge is 0.376 e. The van der Waals surface area contributed by atoms with E-state index in [0.717, 1.165) is 18.4 Å². The van der Waals surface area contributed by atoms with Gasteiger partial charge in [-0.2, -0.15) is 0 Å². The van der Waals surface area contributed by atoms with Gasteiger partial charge in [0.05, 0.1) is 18.2 Å². The Balaban J connectivity index is 1.76. The molecule has 2 heterocycles. The molecule has 6 heteroatoms. The fraction of sp³-hybridized carbons (Fsp3) is 0.556. The van der Waals surface area contributed by atoms with Gasteiger partial charge in [0, 0.05) is 18.6 Å². The fourth-order valence-electron chi connectivity index (χ4n) is 3.54. The first kappa shape index (κ1) is 16.9. The number of hydrogen-bond acceptors (Lipinski definition) is 3. The minimum atomic E-state index is -0.426. The normalized spacial score (nSPS) is 26.9. The number of ether oxygens (including phenoxy) is 1. The standard InChI is InChI=1S/C18H23FN2O3/c1-2-11-5-6-12(19)10-13(11)18(23)20-14-7-8-16(22)21-17(14)15-4-3-9-24-15/h5-6,10,14-15,17H,2-4,7-9H2,1H3,(H,20,23)(H,21,22)/t14-,15?,17-/m0/s1. The highest BCUT2D eigenvalue weighted by molar-refractivity contribution is 5.96. The van der Waals surface area contributed by atoms with Gasteiger partial charge in [0.15, 0.2) is 0 Å². The van der Waals surface area contributed by atoms with Crippen molar-refractivity contribution in [2.75, 3.05) is 6.61 Å². The van der Waals surface area contributed by atoms with Crippen LogP contribution >= 0.6 is 0 Å². The van der Waals surface area contributed by atoms with Crippen molar-refractivity contribution in [1.29, 1.82) is 0 Å². The number of carbonyl (C=O) groups is 2. The van der Waals surface area contributed by atoms with Crippen LogP contribution in [0.4, 0.5) is 4.39 Å². The van der Waals surface area contributed by atoms with Gasteiger partial charge in [-0.15, -0.1) is 0 Å². The van der Waals surface area contributed by atoms with Crippen LogP contribution < -0.4 is 10.6 Å². The summed E-state index contributed by atoms with van der Waals surface area (Å²) in [4.78, 5) is 24.4. The summed E-state index contributed by atoms with van der Waals surface area (Å²) >= 11 is 0. The number of nitrogens with one attached hydrogen (secondary N) is 2. The number of aryl methyl sites for hydroxylation is 1. The Kier molecular flexibility index (Phi) is 5.14. The van der Waals surface area contributed by atoms with Gasteiger partial charge in [0.1, 0.15) is 5.82 Å². The zero-order chi connectivity index (χ0) is 17.1. The van der Waals surface area contributed by atoms with Crippen molar-refractivity contribution in [2.24, 2.45) is 0 Å². The van der Waals surface area contributed by atoms with Crippen LogP contribution in [0.5, 0.6) is 0 Å². The predicted octanol–water partition coefficient (Wildman–Crippen LogP) is 1.94. The van der Waals surface area contributed by atoms with Crippen molar-refractivity contribution < 1.29 is 18.7 Å². The third kappa shape index (κ3) is 3.59. The van der Waals surface area contributed by atoms with Crippen LogP contribution in [0.15, 0.2) is 18.2 Å². The number of rotatable bonds is 4. The molecular weight excluding hydrogens is 311 g/mol. The van der Waals surface area contributed by atoms with Gasteiger partial charge in [0.25, 0.3) is 5.91 Å². The maximum Gasteiger partial charge on any atom is 0.251 e. The average molecular weight is 334 g/mol. The van der Waals surface area contributed by atoms with Crippen LogP contribution in [0, 0.1) is 5.82 Å². The monoisotopic (exact) mass is 334 g/mol. The van der Waals surface area contributed by atoms with Gasteiger partial charge >= 0.3 is 0 Å². The highest BCUT2D eigenvalue weighted by Crippen LogP contribution is 2.23. The highest BCUT2D eigenvalue weighted by atomic mass is 19.1. The molecule has 24 heavy (non-hydrogen) atoms. The van der Waals surface area contributed by atoms with Gasteiger partial charge in [-0.05, 0) is 43.4 Å². The second-order valence-corrected chi connectivity index (χ2v) is 6.42. The van der Waals surface area contributed by atoms with Gasteiger partial charge in [-0.25, -0.2) is 4.39 Å². The van der Waals surface area contributed by atoms with Crippen LogP contribution in [0.1, 0.15) is 48.5 Å². The number of halogens is 1. The summed E-state index contributed by atoms with van der Waals surface area (Å²) in [5.74, 6) is -0.735. The molecule has 130 valence electrons. The molecule has 2 aliphatic rings. The van der Waals surface area contributed by atoms with Crippen molar-refractivity contribution in [3.05, 3.63) is 35.1 Å². The fourth-order valence-corrected chi connectivity index (χ4v) is 3.54. The summed E-state index contributed by atoms with van der Waals surface area (Å²) in [5.41, 5.74) is 1.17. The lowest BCUT2D eigenvalue weighted by Crippen LogP contribution is -2.60. The van der Waals surface area contributed by atoms with Gasteiger partial charge in [-0.3, -0.25) is 9.59 Å². The van der Waals surface area contributed by atoms with E-state index >= 15 is 0 Å². The lowest BCUT2D eigenvalue weighted by molar-refractivity contribution is -0.125. The number of carbonyl (C=O) groups excluding carboxylic acids is 2. The molecule has 2 saturated heterocycles. The van der Waals surface area contributed by atoms with Crippen molar-refractivity contribution in [2.45, 2.75) is 57.2 Å². The molecule has 1 aromatic rings. The molecule has 2 N–H and O–H groups in total. The Morgan fingerprint density at radius 1 is 1.42 bits per heavy atom. The maximum absolute atomic E-state index is 13.5. The Morgan fingerprint density at radius 2 is 2.25 bits per heavy atom. The average Bonchev–Trinajstić information content (AvgIpc) is 3.10. The molecule has 2 amide bonds. The Hall–Kier alpha value is -1.95. The molecule has 5 nitrogen and oxygen atoms in total. The third-order valence-corrected chi connectivity index (χ3v) is 4.82. The molecule has 0 radical (unpaired) electrons. The summed E-state index contributed by atoms with van der Waals surface area (Å²) in [6.45, 7) is 2.61. The lowest BCUT2D eigenvalue weighted by Gasteiger charge is -2.36. The van der Waals surface area contributed by atoms with Crippen LogP contribution in [-0.2, 0) is 16.0 Å². The SMILES string of the molecule is CCc1ccc(F)cc1C(=O)N[C@H]1CCC(=O)N[C@@H]1C1CCCO1. The van der Waals surface area contributed by atoms with E-state index in [0.29, 0.717) is 31.4 Å². The van der Waals surface area contributed by atoms with E-state index < -0.39 is 5.82 Å². The molecule has 2 aliphatic heterocycles. The van der Waals surface area contributed by atoms with E-state index in [9.17, 15) is 14.0 Å². The molecule has 0 aliphatic carbocycles. The summed E-state index contributed by atoms with van der Waals surface area (Å²) < 4.78 is 19.2. The first-order valence-electron chi connectivity index (χ1n) is 8.58. The van der Waals surface area contributed by atoms with E-state index in [2.05, 4.69) is 10.6 Å². The van der Waals surface area contributed by atoms with Crippen LogP contribution in [0.2, 0.25) is 0 Å². The van der Waals surface area contributed by atoms with Gasteiger partial charge in [-0.1, -0.05) is 13.0 Å². The molecule has 1 unspecified atom stereocenters. The van der Waals surface area contributed by atoms with Crippen molar-refractivity contribution >= 4 is 11.8 Å². The second kappa shape index (κ2) is 7.30. The first-order chi connectivity index (χ1) is 11.6. The topological polar surface area (TPSA) is 67.4 Å². The molecule has 3 atom stereocenters. The summed E-state index contributed by atoms with van der Waals surface area (Å²) in [6, 6.07) is 3.86. The van der Waals surface area contributed by atoms with Crippen LogP contribution in [-0.4, -0.2) is 36.6 Å². The van der Waals surface area contributed by atoms with Crippen LogP contribution in [0.3, 0.4) is 0 Å². The summed E-state index contributed by atoms with van der Waals surface area (Å²) in [6.07, 6.45) is 3.35. The number of hydrogen-bond donors (Lipinski definition) is 2. The predicted molar refractivity (Wildman–Crippen MR) is 87.2 cm³/mol. The minimum Gasteiger partial charge on any atom is -0.376 e. The number of amides is 2. The van der Waals surface area contributed by atoms with Crippen molar-refractivity contribution in [1.82, 2.24) is 10.6 Å². The van der Waals surface area contributed by atoms with E-state index in [1.54, 1.807) is 6.07 Å². The zero-order valence-corrected chi connectivity index (χ0v) is 13.8. The van der Waals surface area contributed by atoms with Crippen LogP contribution in [0.25, 0.3) is 0 Å². The van der Waals surface area contributed by atoms with E-state index in [4.69, 9.17) is 4.74 Å². The molecule has 2 fully saturated rings. The van der Waals surface area contributed by atoms with E-state index in [1.165, 1.54) is 12.1 Å². The summed E-state index contributed by atoms with van der Waals surface area (Å²) in [7, 11) is 0. The summed E-state index contributed by atoms with van der Waals surface area (Å²) in [5, 5.41) is 5.94. The highest BCUT2D eigenvalue weighted by Gasteiger charge is 2.37. The zero-order valence-electron chi connectivity index (χ0n) is 13.8. The van der Waals surface area contributed by atoms with Crippen molar-refractivity contribution in [3.63, 3.8) is 0 Å². The Labute approximate surface area is 141 Å². The van der Waals surface area contributed by atoms with Gasteiger partial charge < -0.3 is 15.4 Å². The molecule has 0 spiro atoms. The molecular formula is C18H23FN2O3. The minimum absolute atomic E-state index is 0.0130. The Bertz CT molecular complexity index is 629. The van der Waals surface area contributed by atoms with Crippen molar-refractivity contribution in [3.8, 4) is 0 Å². The maximum atomic E-state index is 13.5. The Morgan fingerprint density at radius 3 is 2.96 bits per heavy atom. The number of piperidine rings is 1. The van der Waals surface area contributed by atoms with E-state index in [1.807, 2.05) is 6.92 Å². The lowest BCUT2D eigenvalue weighted by atomic mass is 9.91. The number of benzene rings is 1. The van der Waals surface area contributed by atoms with Gasteiger partial charge in [0.2, 0.25) is 5.91 Å². The second-order valence-electron chi connectivity index (χ2n) is 6.42. The smallest absolute Gasteiger partial charge is 0.251 e. The van der Waals surface area contributed by atoms with E-state index in [-0.39, 0.29) is 30.0 Å². The first-order valence-corrected chi connectivity index (χ1v) is 8.58. The molecule has 0 bridgehead atoms. The molecule has 0 saturated carbocycles. The third-order valence-electron chi connectivity index (χ3n) is 4.82. The molecule has 0 aromatic heterocycles. The molecule has 3 rings (SSSR count). The molecule has 1 aromatic carbocycles. The quantitative estimate of drug-likeness (QED) is 0.884.